The molecule has 0 amide bonds. The number of aromatic carboxylic acids is 1. The Balaban J connectivity index is 2.09. The van der Waals surface area contributed by atoms with Crippen molar-refractivity contribution in [3.63, 3.8) is 0 Å². The van der Waals surface area contributed by atoms with Gasteiger partial charge < -0.3 is 14.6 Å². The summed E-state index contributed by atoms with van der Waals surface area (Å²) < 4.78 is 4.70. The Kier molecular flexibility index (Phi) is 1.94. The maximum absolute atomic E-state index is 10.7. The molecule has 2 aromatic heterocycles. The van der Waals surface area contributed by atoms with E-state index < -0.39 is 5.97 Å². The fourth-order valence-corrected chi connectivity index (χ4v) is 1.61. The molecular weight excluding hydrogens is 222 g/mol. The molecular formula is C11H7N3O3. The topological polar surface area (TPSA) is 92.0 Å². The van der Waals surface area contributed by atoms with Crippen LogP contribution in [0.25, 0.3) is 22.3 Å². The molecule has 84 valence electrons. The maximum atomic E-state index is 10.7. The van der Waals surface area contributed by atoms with Gasteiger partial charge in [-0.25, -0.2) is 9.78 Å². The van der Waals surface area contributed by atoms with Crippen molar-refractivity contribution in [2.24, 2.45) is 0 Å². The minimum atomic E-state index is -1.13. The van der Waals surface area contributed by atoms with E-state index in [0.717, 1.165) is 16.6 Å². The average molecular weight is 229 g/mol. The molecule has 6 nitrogen and oxygen atoms in total. The molecule has 0 aliphatic heterocycles. The first-order valence-corrected chi connectivity index (χ1v) is 4.87. The van der Waals surface area contributed by atoms with E-state index in [9.17, 15) is 4.79 Å². The van der Waals surface area contributed by atoms with Crippen LogP contribution in [0, 0.1) is 0 Å². The summed E-state index contributed by atoms with van der Waals surface area (Å²) in [6, 6.07) is 6.87. The first-order chi connectivity index (χ1) is 8.24. The average Bonchev–Trinajstić information content (AvgIpc) is 2.97. The van der Waals surface area contributed by atoms with Crippen molar-refractivity contribution >= 4 is 17.0 Å². The summed E-state index contributed by atoms with van der Waals surface area (Å²) in [5.74, 6) is -1.31. The fraction of sp³-hybridized carbons (Fsp3) is 0. The zero-order chi connectivity index (χ0) is 11.8. The number of imidazole rings is 1. The summed E-state index contributed by atoms with van der Waals surface area (Å²) in [6.45, 7) is 0. The molecule has 2 N–H and O–H groups in total. The largest absolute Gasteiger partial charge is 0.475 e. The van der Waals surface area contributed by atoms with E-state index in [-0.39, 0.29) is 5.76 Å². The summed E-state index contributed by atoms with van der Waals surface area (Å²) in [7, 11) is 0. The Morgan fingerprint density at radius 1 is 1.35 bits per heavy atom. The van der Waals surface area contributed by atoms with Gasteiger partial charge in [-0.1, -0.05) is 11.2 Å². The highest BCUT2D eigenvalue weighted by atomic mass is 16.5. The van der Waals surface area contributed by atoms with Crippen LogP contribution >= 0.6 is 0 Å². The number of hydrogen-bond acceptors (Lipinski definition) is 4. The maximum Gasteiger partial charge on any atom is 0.374 e. The Bertz CT molecular complexity index is 699. The predicted octanol–water partition coefficient (Wildman–Crippen LogP) is 1.92. The van der Waals surface area contributed by atoms with E-state index in [0.29, 0.717) is 5.69 Å². The lowest BCUT2D eigenvalue weighted by Gasteiger charge is -1.94. The fourth-order valence-electron chi connectivity index (χ4n) is 1.61. The molecule has 3 aromatic rings. The molecule has 0 aliphatic carbocycles. The van der Waals surface area contributed by atoms with E-state index in [1.165, 1.54) is 6.07 Å². The van der Waals surface area contributed by atoms with Crippen LogP contribution in [0.5, 0.6) is 0 Å². The van der Waals surface area contributed by atoms with Crippen molar-refractivity contribution in [1.29, 1.82) is 0 Å². The van der Waals surface area contributed by atoms with E-state index in [2.05, 4.69) is 15.1 Å². The van der Waals surface area contributed by atoms with Gasteiger partial charge >= 0.3 is 5.97 Å². The van der Waals surface area contributed by atoms with Gasteiger partial charge in [-0.05, 0) is 12.1 Å². The van der Waals surface area contributed by atoms with Crippen molar-refractivity contribution in [1.82, 2.24) is 15.1 Å². The molecule has 0 aliphatic rings. The molecule has 0 radical (unpaired) electrons. The Labute approximate surface area is 94.9 Å². The van der Waals surface area contributed by atoms with Crippen LogP contribution in [0.2, 0.25) is 0 Å². The van der Waals surface area contributed by atoms with Gasteiger partial charge in [0.2, 0.25) is 5.76 Å². The monoisotopic (exact) mass is 229 g/mol. The number of H-pyrrole nitrogens is 1. The number of carboxylic acids is 1. The molecule has 0 bridgehead atoms. The van der Waals surface area contributed by atoms with Gasteiger partial charge in [0.25, 0.3) is 0 Å². The molecule has 6 heteroatoms. The molecule has 1 aromatic carbocycles. The normalized spacial score (nSPS) is 10.8. The molecule has 0 saturated carbocycles. The second-order valence-electron chi connectivity index (χ2n) is 3.52. The number of carbonyl (C=O) groups is 1. The number of fused-ring (bicyclic) bond motifs is 1. The van der Waals surface area contributed by atoms with Crippen LogP contribution in [0.3, 0.4) is 0 Å². The number of nitrogens with zero attached hydrogens (tertiary/aromatic N) is 2. The summed E-state index contributed by atoms with van der Waals surface area (Å²) in [5, 5.41) is 12.4. The van der Waals surface area contributed by atoms with Gasteiger partial charge in [0.1, 0.15) is 5.69 Å². The second kappa shape index (κ2) is 3.44. The third kappa shape index (κ3) is 1.55. The van der Waals surface area contributed by atoms with Crippen molar-refractivity contribution in [3.05, 3.63) is 36.4 Å². The van der Waals surface area contributed by atoms with Crippen molar-refractivity contribution in [2.75, 3.05) is 0 Å². The lowest BCUT2D eigenvalue weighted by molar-refractivity contribution is 0.0652. The Morgan fingerprint density at radius 2 is 2.24 bits per heavy atom. The third-order valence-corrected chi connectivity index (χ3v) is 2.44. The first kappa shape index (κ1) is 9.59. The highest BCUT2D eigenvalue weighted by Gasteiger charge is 2.12. The van der Waals surface area contributed by atoms with Gasteiger partial charge in [-0.3, -0.25) is 0 Å². The van der Waals surface area contributed by atoms with Crippen LogP contribution in [-0.4, -0.2) is 26.2 Å². The van der Waals surface area contributed by atoms with Crippen LogP contribution in [0.1, 0.15) is 10.6 Å². The van der Waals surface area contributed by atoms with Gasteiger partial charge in [-0.2, -0.15) is 0 Å². The van der Waals surface area contributed by atoms with Gasteiger partial charge in [0, 0.05) is 11.6 Å². The molecule has 0 unspecified atom stereocenters. The van der Waals surface area contributed by atoms with E-state index >= 15 is 0 Å². The quantitative estimate of drug-likeness (QED) is 0.700. The van der Waals surface area contributed by atoms with Gasteiger partial charge in [0.15, 0.2) is 0 Å². The Morgan fingerprint density at radius 3 is 3.00 bits per heavy atom. The molecule has 0 spiro atoms. The van der Waals surface area contributed by atoms with Crippen LogP contribution in [-0.2, 0) is 0 Å². The number of nitrogens with one attached hydrogen (secondary N) is 1. The van der Waals surface area contributed by atoms with Crippen LogP contribution in [0.15, 0.2) is 35.1 Å². The SMILES string of the molecule is O=C(O)c1cc(-c2ccc3nc[nH]c3c2)no1. The van der Waals surface area contributed by atoms with E-state index in [4.69, 9.17) is 9.63 Å². The Hall–Kier alpha value is -2.63. The summed E-state index contributed by atoms with van der Waals surface area (Å²) in [5.41, 5.74) is 2.97. The predicted molar refractivity (Wildman–Crippen MR) is 58.6 cm³/mol. The number of benzene rings is 1. The zero-order valence-electron chi connectivity index (χ0n) is 8.54. The van der Waals surface area contributed by atoms with Crippen molar-refractivity contribution in [2.45, 2.75) is 0 Å². The van der Waals surface area contributed by atoms with E-state index in [1.807, 2.05) is 18.2 Å². The van der Waals surface area contributed by atoms with Gasteiger partial charge in [-0.15, -0.1) is 0 Å². The minimum absolute atomic E-state index is 0.176. The molecule has 0 fully saturated rings. The lowest BCUT2D eigenvalue weighted by Crippen LogP contribution is -1.91. The minimum Gasteiger partial charge on any atom is -0.475 e. The molecule has 2 heterocycles. The van der Waals surface area contributed by atoms with Crippen LogP contribution in [0.4, 0.5) is 0 Å². The third-order valence-electron chi connectivity index (χ3n) is 2.44. The number of aromatic amines is 1. The van der Waals surface area contributed by atoms with E-state index in [1.54, 1.807) is 6.33 Å². The zero-order valence-corrected chi connectivity index (χ0v) is 8.54. The lowest BCUT2D eigenvalue weighted by atomic mass is 10.1. The molecule has 17 heavy (non-hydrogen) atoms. The number of carboxylic acid groups (broad SMARTS) is 1. The smallest absolute Gasteiger partial charge is 0.374 e. The van der Waals surface area contributed by atoms with Crippen molar-refractivity contribution in [3.8, 4) is 11.3 Å². The highest BCUT2D eigenvalue weighted by molar-refractivity contribution is 5.86. The molecule has 0 atom stereocenters. The standard InChI is InChI=1S/C11H7N3O3/c15-11(16)10-4-8(14-17-10)6-1-2-7-9(3-6)13-5-12-7/h1-5H,(H,12,13)(H,15,16). The van der Waals surface area contributed by atoms with Crippen molar-refractivity contribution < 1.29 is 14.4 Å². The highest BCUT2D eigenvalue weighted by Crippen LogP contribution is 2.22. The summed E-state index contributed by atoms with van der Waals surface area (Å²) >= 11 is 0. The molecule has 3 rings (SSSR count). The van der Waals surface area contributed by atoms with Gasteiger partial charge in [0.05, 0.1) is 17.4 Å². The number of rotatable bonds is 2. The molecule has 0 saturated heterocycles. The summed E-state index contributed by atoms with van der Waals surface area (Å²) in [4.78, 5) is 17.7. The number of hydrogen-bond donors (Lipinski definition) is 2. The second-order valence-corrected chi connectivity index (χ2v) is 3.52. The first-order valence-electron chi connectivity index (χ1n) is 4.87. The summed E-state index contributed by atoms with van der Waals surface area (Å²) in [6.07, 6.45) is 1.60. The number of aromatic nitrogens is 3. The van der Waals surface area contributed by atoms with Crippen LogP contribution < -0.4 is 0 Å².